The lowest BCUT2D eigenvalue weighted by Crippen LogP contribution is -2.37. The molecule has 0 radical (unpaired) electrons. The van der Waals surface area contributed by atoms with Crippen molar-refractivity contribution in [1.82, 2.24) is 23.8 Å². The lowest BCUT2D eigenvalue weighted by atomic mass is 10.1. The van der Waals surface area contributed by atoms with Gasteiger partial charge < -0.3 is 14.6 Å². The summed E-state index contributed by atoms with van der Waals surface area (Å²) in [6.07, 6.45) is 8.39. The molecule has 1 N–H and O–H groups in total. The number of amides is 1. The predicted molar refractivity (Wildman–Crippen MR) is 148 cm³/mol. The Morgan fingerprint density at radius 3 is 2.65 bits per heavy atom. The zero-order valence-corrected chi connectivity index (χ0v) is 23.1. The van der Waals surface area contributed by atoms with Crippen molar-refractivity contribution >= 4 is 38.7 Å². The fourth-order valence-electron chi connectivity index (χ4n) is 5.24. The number of nitrogens with zero attached hydrogens (tertiary/aromatic N) is 6. The molecule has 0 atom stereocenters. The highest BCUT2D eigenvalue weighted by Crippen LogP contribution is 2.34. The van der Waals surface area contributed by atoms with E-state index in [9.17, 15) is 27.5 Å². The lowest BCUT2D eigenvalue weighted by molar-refractivity contribution is -0.132. The third-order valence-electron chi connectivity index (χ3n) is 7.28. The number of halogens is 1. The van der Waals surface area contributed by atoms with E-state index in [4.69, 9.17) is 0 Å². The van der Waals surface area contributed by atoms with Crippen LogP contribution >= 0.6 is 11.3 Å². The van der Waals surface area contributed by atoms with Gasteiger partial charge in [0.05, 0.1) is 11.4 Å². The van der Waals surface area contributed by atoms with E-state index >= 15 is 0 Å². The summed E-state index contributed by atoms with van der Waals surface area (Å²) in [6.45, 7) is 1.72. The van der Waals surface area contributed by atoms with Gasteiger partial charge in [0.25, 0.3) is 0 Å². The lowest BCUT2D eigenvalue weighted by Gasteiger charge is -2.26. The van der Waals surface area contributed by atoms with Gasteiger partial charge in [-0.2, -0.15) is 0 Å². The molecular weight excluding hydrogens is 559 g/mol. The normalized spacial score (nSPS) is 17.1. The summed E-state index contributed by atoms with van der Waals surface area (Å²) in [4.78, 5) is 37.2. The molecule has 14 heteroatoms. The highest BCUT2D eigenvalue weighted by Gasteiger charge is 2.30. The van der Waals surface area contributed by atoms with Crippen LogP contribution in [0.3, 0.4) is 0 Å². The fourth-order valence-corrected chi connectivity index (χ4v) is 7.76. The number of piperidine rings is 1. The minimum absolute atomic E-state index is 0.00642. The van der Waals surface area contributed by atoms with Crippen LogP contribution in [0.4, 0.5) is 10.1 Å². The molecule has 2 saturated heterocycles. The summed E-state index contributed by atoms with van der Waals surface area (Å²) in [7, 11) is -3.51. The number of benzene rings is 1. The zero-order valence-electron chi connectivity index (χ0n) is 21.5. The molecule has 40 heavy (non-hydrogen) atoms. The Kier molecular flexibility index (Phi) is 6.82. The Morgan fingerprint density at radius 2 is 1.90 bits per heavy atom. The number of carbonyl (C=O) groups is 1. The molecule has 0 spiro atoms. The van der Waals surface area contributed by atoms with Crippen molar-refractivity contribution in [2.24, 2.45) is 0 Å². The highest BCUT2D eigenvalue weighted by molar-refractivity contribution is 7.93. The molecule has 1 amide bonds. The van der Waals surface area contributed by atoms with Gasteiger partial charge in [-0.1, -0.05) is 6.07 Å². The first-order chi connectivity index (χ1) is 19.2. The van der Waals surface area contributed by atoms with Gasteiger partial charge in [-0.3, -0.25) is 13.9 Å². The van der Waals surface area contributed by atoms with Crippen LogP contribution in [0.2, 0.25) is 0 Å². The Labute approximate surface area is 233 Å². The number of fused-ring (bicyclic) bond motifs is 1. The summed E-state index contributed by atoms with van der Waals surface area (Å²) < 4.78 is 43.1. The van der Waals surface area contributed by atoms with Crippen LogP contribution in [-0.4, -0.2) is 68.7 Å². The van der Waals surface area contributed by atoms with Crippen molar-refractivity contribution in [3.63, 3.8) is 0 Å². The Hall–Kier alpha value is -3.78. The number of thiazole rings is 1. The number of hydrogen-bond acceptors (Lipinski definition) is 8. The van der Waals surface area contributed by atoms with E-state index in [1.54, 1.807) is 23.0 Å². The molecule has 2 fully saturated rings. The summed E-state index contributed by atoms with van der Waals surface area (Å²) >= 11 is 1.18. The van der Waals surface area contributed by atoms with E-state index in [2.05, 4.69) is 9.97 Å². The monoisotopic (exact) mass is 586 g/mol. The third kappa shape index (κ3) is 4.85. The predicted octanol–water partition coefficient (Wildman–Crippen LogP) is 2.61. The maximum atomic E-state index is 14.1. The van der Waals surface area contributed by atoms with Crippen LogP contribution in [0.5, 0.6) is 5.75 Å². The fraction of sp³-hybridized carbons (Fsp3) is 0.385. The molecule has 1 aromatic carbocycles. The molecule has 4 aromatic rings. The van der Waals surface area contributed by atoms with Crippen molar-refractivity contribution < 1.29 is 22.7 Å². The van der Waals surface area contributed by atoms with Gasteiger partial charge in [0.1, 0.15) is 17.4 Å². The summed E-state index contributed by atoms with van der Waals surface area (Å²) in [6, 6.07) is 4.06. The zero-order chi connectivity index (χ0) is 28.0. The second kappa shape index (κ2) is 10.3. The molecule has 6 rings (SSSR count). The number of carbonyl (C=O) groups excluding carboxylic acids is 1. The van der Waals surface area contributed by atoms with Gasteiger partial charge in [0, 0.05) is 49.5 Å². The van der Waals surface area contributed by atoms with Crippen molar-refractivity contribution in [1.29, 1.82) is 0 Å². The van der Waals surface area contributed by atoms with E-state index in [-0.39, 0.29) is 42.6 Å². The van der Waals surface area contributed by atoms with Gasteiger partial charge in [-0.15, -0.1) is 11.3 Å². The first kappa shape index (κ1) is 26.4. The van der Waals surface area contributed by atoms with Crippen molar-refractivity contribution in [2.75, 3.05) is 29.7 Å². The SMILES string of the molecule is O=C(Cn1ccn2c(=O)c(O)c(-c3ncc(Cc4ccc(F)cc4N4CCCS4(=O)=O)s3)nc12)N1CCCCC1. The molecule has 5 heterocycles. The van der Waals surface area contributed by atoms with Crippen LogP contribution in [0.25, 0.3) is 16.5 Å². The largest absolute Gasteiger partial charge is 0.501 e. The average Bonchev–Trinajstić information content (AvgIpc) is 3.66. The number of hydrogen-bond donors (Lipinski definition) is 1. The summed E-state index contributed by atoms with van der Waals surface area (Å²) in [5.41, 5.74) is 0.221. The maximum Gasteiger partial charge on any atom is 0.302 e. The third-order valence-corrected chi connectivity index (χ3v) is 10.1. The van der Waals surface area contributed by atoms with Crippen LogP contribution in [0.15, 0.2) is 41.6 Å². The number of sulfonamides is 1. The van der Waals surface area contributed by atoms with E-state index < -0.39 is 27.1 Å². The molecule has 0 bridgehead atoms. The van der Waals surface area contributed by atoms with Crippen LogP contribution in [0.1, 0.15) is 36.1 Å². The first-order valence-corrected chi connectivity index (χ1v) is 15.5. The van der Waals surface area contributed by atoms with E-state index in [1.165, 1.54) is 38.4 Å². The highest BCUT2D eigenvalue weighted by atomic mass is 32.2. The van der Waals surface area contributed by atoms with Gasteiger partial charge in [-0.25, -0.2) is 27.2 Å². The molecule has 11 nitrogen and oxygen atoms in total. The van der Waals surface area contributed by atoms with Crippen LogP contribution in [-0.2, 0) is 27.8 Å². The number of anilines is 1. The van der Waals surface area contributed by atoms with Gasteiger partial charge in [0.2, 0.25) is 27.5 Å². The van der Waals surface area contributed by atoms with Gasteiger partial charge >= 0.3 is 5.56 Å². The first-order valence-electron chi connectivity index (χ1n) is 13.0. The Morgan fingerprint density at radius 1 is 1.10 bits per heavy atom. The Balaban J connectivity index is 1.31. The van der Waals surface area contributed by atoms with E-state index in [0.29, 0.717) is 40.6 Å². The standard InChI is InChI=1S/C26H27FN6O5S2/c27-18-6-5-17(20(14-18)33-9-4-12-40(33,37)38)13-19-15-28-24(39-19)22-23(35)25(36)32-11-10-31(26(32)29-22)16-21(34)30-7-2-1-3-8-30/h5-6,10-11,14-15,35H,1-4,7-9,12-13,16H2. The number of aromatic hydroxyl groups is 1. The molecule has 2 aliphatic heterocycles. The van der Waals surface area contributed by atoms with Crippen LogP contribution < -0.4 is 9.86 Å². The van der Waals surface area contributed by atoms with Gasteiger partial charge in [-0.05, 0) is 43.4 Å². The molecule has 2 aliphatic rings. The second-order valence-electron chi connectivity index (χ2n) is 9.97. The molecular formula is C26H27FN6O5S2. The van der Waals surface area contributed by atoms with Crippen molar-refractivity contribution in [3.05, 3.63) is 63.4 Å². The summed E-state index contributed by atoms with van der Waals surface area (Å²) in [5, 5.41) is 11.0. The number of rotatable bonds is 6. The molecule has 0 aliphatic carbocycles. The second-order valence-corrected chi connectivity index (χ2v) is 13.1. The number of likely N-dealkylation sites (tertiary alicyclic amines) is 1. The molecule has 3 aromatic heterocycles. The summed E-state index contributed by atoms with van der Waals surface area (Å²) in [5.74, 6) is -0.935. The topological polar surface area (TPSA) is 130 Å². The van der Waals surface area contributed by atoms with E-state index in [0.717, 1.165) is 19.3 Å². The van der Waals surface area contributed by atoms with Crippen molar-refractivity contribution in [3.8, 4) is 16.5 Å². The van der Waals surface area contributed by atoms with Gasteiger partial charge in [0.15, 0.2) is 5.69 Å². The number of imidazole rings is 1. The quantitative estimate of drug-likeness (QED) is 0.368. The molecule has 0 unspecified atom stereocenters. The maximum absolute atomic E-state index is 14.1. The van der Waals surface area contributed by atoms with E-state index in [1.807, 2.05) is 4.90 Å². The Bertz CT molecular complexity index is 1770. The molecule has 0 saturated carbocycles. The minimum Gasteiger partial charge on any atom is -0.501 e. The molecule has 210 valence electrons. The van der Waals surface area contributed by atoms with Crippen molar-refractivity contribution in [2.45, 2.75) is 38.6 Å². The number of aromatic nitrogens is 4. The smallest absolute Gasteiger partial charge is 0.302 e. The average molecular weight is 587 g/mol. The van der Waals surface area contributed by atoms with Crippen LogP contribution in [0, 0.1) is 5.82 Å². The minimum atomic E-state index is -3.51.